The van der Waals surface area contributed by atoms with Crippen molar-refractivity contribution >= 4 is 28.8 Å². The van der Waals surface area contributed by atoms with Gasteiger partial charge in [-0.1, -0.05) is 0 Å². The number of anilines is 2. The van der Waals surface area contributed by atoms with Gasteiger partial charge < -0.3 is 10.6 Å². The maximum absolute atomic E-state index is 13.4. The van der Waals surface area contributed by atoms with Gasteiger partial charge in [-0.3, -0.25) is 0 Å². The first kappa shape index (κ1) is 13.4. The van der Waals surface area contributed by atoms with Crippen LogP contribution >= 0.6 is 12.2 Å². The topological polar surface area (TPSA) is 37.0 Å². The Morgan fingerprint density at radius 2 is 1.95 bits per heavy atom. The lowest BCUT2D eigenvalue weighted by molar-refractivity contribution is 0.586. The highest BCUT2D eigenvalue weighted by Gasteiger charge is 2.06. The molecule has 0 aliphatic rings. The van der Waals surface area contributed by atoms with Crippen molar-refractivity contribution in [2.24, 2.45) is 0 Å². The number of aromatic nitrogens is 1. The van der Waals surface area contributed by atoms with Crippen LogP contribution in [0, 0.1) is 18.6 Å². The molecule has 3 nitrogen and oxygen atoms in total. The van der Waals surface area contributed by atoms with Gasteiger partial charge in [0.25, 0.3) is 0 Å². The molecule has 2 N–H and O–H groups in total. The second-order valence-electron chi connectivity index (χ2n) is 3.92. The predicted octanol–water partition coefficient (Wildman–Crippen LogP) is 3.48. The Kier molecular flexibility index (Phi) is 4.01. The number of aryl methyl sites for hydroxylation is 1. The Labute approximate surface area is 114 Å². The maximum Gasteiger partial charge on any atom is 0.176 e. The van der Waals surface area contributed by atoms with Crippen LogP contribution < -0.4 is 10.6 Å². The fourth-order valence-electron chi connectivity index (χ4n) is 1.47. The zero-order valence-corrected chi connectivity index (χ0v) is 10.9. The molecular formula is C13H11F2N3S. The molecule has 0 amide bonds. The standard InChI is InChI=1S/C13H11F2N3S/c1-8-4-5-16-12(6-8)18-13(19)17-11-3-2-9(14)7-10(11)15/h2-7H,1H3,(H2,16,17,18,19). The summed E-state index contributed by atoms with van der Waals surface area (Å²) in [7, 11) is 0. The molecule has 0 fully saturated rings. The maximum atomic E-state index is 13.4. The number of hydrogen-bond donors (Lipinski definition) is 2. The van der Waals surface area contributed by atoms with Crippen LogP contribution in [0.2, 0.25) is 0 Å². The van der Waals surface area contributed by atoms with Crippen LogP contribution in [-0.4, -0.2) is 10.1 Å². The molecule has 0 radical (unpaired) electrons. The second-order valence-corrected chi connectivity index (χ2v) is 4.33. The van der Waals surface area contributed by atoms with Gasteiger partial charge in [-0.2, -0.15) is 0 Å². The molecule has 0 spiro atoms. The highest BCUT2D eigenvalue weighted by molar-refractivity contribution is 7.80. The van der Waals surface area contributed by atoms with Crippen molar-refractivity contribution in [1.82, 2.24) is 4.98 Å². The summed E-state index contributed by atoms with van der Waals surface area (Å²) in [4.78, 5) is 4.07. The second kappa shape index (κ2) is 5.71. The summed E-state index contributed by atoms with van der Waals surface area (Å²) in [6.07, 6.45) is 1.64. The normalized spacial score (nSPS) is 10.1. The number of halogens is 2. The summed E-state index contributed by atoms with van der Waals surface area (Å²) in [5, 5.41) is 5.65. The third kappa shape index (κ3) is 3.69. The molecule has 0 aliphatic carbocycles. The summed E-state index contributed by atoms with van der Waals surface area (Å²) in [5.74, 6) is -0.788. The van der Waals surface area contributed by atoms with Gasteiger partial charge in [-0.25, -0.2) is 13.8 Å². The van der Waals surface area contributed by atoms with Crippen molar-refractivity contribution in [2.75, 3.05) is 10.6 Å². The number of thiocarbonyl (C=S) groups is 1. The van der Waals surface area contributed by atoms with Crippen molar-refractivity contribution < 1.29 is 8.78 Å². The first-order chi connectivity index (χ1) is 9.04. The van der Waals surface area contributed by atoms with Gasteiger partial charge in [0.05, 0.1) is 5.69 Å². The molecule has 0 saturated heterocycles. The van der Waals surface area contributed by atoms with Crippen molar-refractivity contribution in [1.29, 1.82) is 0 Å². The van der Waals surface area contributed by atoms with E-state index in [2.05, 4.69) is 15.6 Å². The van der Waals surface area contributed by atoms with Crippen LogP contribution in [-0.2, 0) is 0 Å². The number of rotatable bonds is 2. The number of benzene rings is 1. The monoisotopic (exact) mass is 279 g/mol. The smallest absolute Gasteiger partial charge is 0.176 e. The molecule has 0 bridgehead atoms. The predicted molar refractivity (Wildman–Crippen MR) is 75.2 cm³/mol. The molecular weight excluding hydrogens is 268 g/mol. The minimum atomic E-state index is -0.707. The zero-order chi connectivity index (χ0) is 13.8. The van der Waals surface area contributed by atoms with E-state index in [0.717, 1.165) is 17.7 Å². The van der Waals surface area contributed by atoms with Crippen molar-refractivity contribution in [3.63, 3.8) is 0 Å². The van der Waals surface area contributed by atoms with E-state index >= 15 is 0 Å². The van der Waals surface area contributed by atoms with Crippen molar-refractivity contribution in [3.05, 3.63) is 53.7 Å². The van der Waals surface area contributed by atoms with Gasteiger partial charge in [-0.15, -0.1) is 0 Å². The molecule has 98 valence electrons. The van der Waals surface area contributed by atoms with E-state index in [1.807, 2.05) is 13.0 Å². The number of nitrogens with one attached hydrogen (secondary N) is 2. The van der Waals surface area contributed by atoms with Gasteiger partial charge in [0.15, 0.2) is 5.11 Å². The largest absolute Gasteiger partial charge is 0.330 e. The summed E-state index contributed by atoms with van der Waals surface area (Å²) in [6, 6.07) is 6.87. The Balaban J connectivity index is 2.05. The Bertz CT molecular complexity index is 617. The molecule has 0 atom stereocenters. The van der Waals surface area contributed by atoms with E-state index in [1.165, 1.54) is 6.07 Å². The third-order valence-electron chi connectivity index (χ3n) is 2.34. The molecule has 1 aromatic carbocycles. The van der Waals surface area contributed by atoms with Gasteiger partial charge in [0, 0.05) is 12.3 Å². The Morgan fingerprint density at radius 3 is 2.63 bits per heavy atom. The number of pyridine rings is 1. The quantitative estimate of drug-likeness (QED) is 0.825. The van der Waals surface area contributed by atoms with E-state index in [1.54, 1.807) is 12.3 Å². The van der Waals surface area contributed by atoms with Crippen LogP contribution in [0.25, 0.3) is 0 Å². The molecule has 1 aromatic heterocycles. The third-order valence-corrected chi connectivity index (χ3v) is 2.54. The Hall–Kier alpha value is -2.08. The van der Waals surface area contributed by atoms with Gasteiger partial charge in [0.2, 0.25) is 0 Å². The number of hydrogen-bond acceptors (Lipinski definition) is 2. The van der Waals surface area contributed by atoms with E-state index in [4.69, 9.17) is 12.2 Å². The van der Waals surface area contributed by atoms with E-state index in [-0.39, 0.29) is 10.8 Å². The van der Waals surface area contributed by atoms with Gasteiger partial charge >= 0.3 is 0 Å². The first-order valence-electron chi connectivity index (χ1n) is 5.50. The van der Waals surface area contributed by atoms with Crippen LogP contribution in [0.5, 0.6) is 0 Å². The highest BCUT2D eigenvalue weighted by Crippen LogP contribution is 2.15. The summed E-state index contributed by atoms with van der Waals surface area (Å²) in [6.45, 7) is 1.92. The number of nitrogens with zero attached hydrogens (tertiary/aromatic N) is 1. The van der Waals surface area contributed by atoms with Gasteiger partial charge in [0.1, 0.15) is 17.5 Å². The minimum absolute atomic E-state index is 0.103. The van der Waals surface area contributed by atoms with Crippen LogP contribution in [0.15, 0.2) is 36.5 Å². The highest BCUT2D eigenvalue weighted by atomic mass is 32.1. The molecule has 1 heterocycles. The van der Waals surface area contributed by atoms with Crippen molar-refractivity contribution in [2.45, 2.75) is 6.92 Å². The minimum Gasteiger partial charge on any atom is -0.330 e. The molecule has 19 heavy (non-hydrogen) atoms. The summed E-state index contributed by atoms with van der Waals surface area (Å²) < 4.78 is 26.2. The first-order valence-corrected chi connectivity index (χ1v) is 5.91. The SMILES string of the molecule is Cc1ccnc(NC(=S)Nc2ccc(F)cc2F)c1. The Morgan fingerprint density at radius 1 is 1.16 bits per heavy atom. The summed E-state index contributed by atoms with van der Waals surface area (Å²) >= 11 is 5.03. The average molecular weight is 279 g/mol. The fourth-order valence-corrected chi connectivity index (χ4v) is 1.68. The molecule has 0 saturated carbocycles. The van der Waals surface area contributed by atoms with Crippen LogP contribution in [0.1, 0.15) is 5.56 Å². The molecule has 0 unspecified atom stereocenters. The average Bonchev–Trinajstić information content (AvgIpc) is 2.33. The molecule has 6 heteroatoms. The lowest BCUT2D eigenvalue weighted by Crippen LogP contribution is -2.20. The van der Waals surface area contributed by atoms with E-state index < -0.39 is 11.6 Å². The molecule has 2 aromatic rings. The summed E-state index contributed by atoms with van der Waals surface area (Å²) in [5.41, 5.74) is 1.12. The van der Waals surface area contributed by atoms with Crippen molar-refractivity contribution in [3.8, 4) is 0 Å². The van der Waals surface area contributed by atoms with Gasteiger partial charge in [-0.05, 0) is 49.0 Å². The molecule has 0 aliphatic heterocycles. The fraction of sp³-hybridized carbons (Fsp3) is 0.0769. The van der Waals surface area contributed by atoms with E-state index in [0.29, 0.717) is 5.82 Å². The lowest BCUT2D eigenvalue weighted by Gasteiger charge is -2.10. The lowest BCUT2D eigenvalue weighted by atomic mass is 10.3. The van der Waals surface area contributed by atoms with E-state index in [9.17, 15) is 8.78 Å². The van der Waals surface area contributed by atoms with Crippen LogP contribution in [0.4, 0.5) is 20.3 Å². The van der Waals surface area contributed by atoms with Crippen LogP contribution in [0.3, 0.4) is 0 Å². The zero-order valence-electron chi connectivity index (χ0n) is 10.1. The molecule has 2 rings (SSSR count).